The molecule has 2 aromatic carbocycles. The van der Waals surface area contributed by atoms with E-state index in [2.05, 4.69) is 31.0 Å². The number of nitrogens with zero attached hydrogens (tertiary/aromatic N) is 2. The normalized spacial score (nSPS) is 11.2. The Morgan fingerprint density at radius 3 is 2.26 bits per heavy atom. The summed E-state index contributed by atoms with van der Waals surface area (Å²) >= 11 is 1.41. The Bertz CT molecular complexity index is 1230. The molecule has 1 amide bonds. The number of nitrogens with two attached hydrogens (primary N) is 1. The molecule has 0 saturated carbocycles. The van der Waals surface area contributed by atoms with Gasteiger partial charge in [0.25, 0.3) is 5.56 Å². The summed E-state index contributed by atoms with van der Waals surface area (Å²) in [4.78, 5) is 43.4. The first-order valence-electron chi connectivity index (χ1n) is 11.4. The van der Waals surface area contributed by atoms with Gasteiger partial charge in [0.15, 0.2) is 5.69 Å². The highest BCUT2D eigenvalue weighted by atomic mass is 32.2. The topological polar surface area (TPSA) is 101 Å². The molecule has 3 aromatic rings. The number of anilines is 2. The van der Waals surface area contributed by atoms with Gasteiger partial charge in [-0.3, -0.25) is 19.1 Å². The number of benzene rings is 2. The highest BCUT2D eigenvalue weighted by Crippen LogP contribution is 2.25. The lowest BCUT2D eigenvalue weighted by Gasteiger charge is -2.26. The van der Waals surface area contributed by atoms with Gasteiger partial charge < -0.3 is 10.6 Å². The first kappa shape index (κ1) is 25.4. The Morgan fingerprint density at radius 1 is 1.03 bits per heavy atom. The van der Waals surface area contributed by atoms with Crippen molar-refractivity contribution in [3.63, 3.8) is 0 Å². The van der Waals surface area contributed by atoms with E-state index in [1.807, 2.05) is 56.3 Å². The first-order chi connectivity index (χ1) is 16.2. The van der Waals surface area contributed by atoms with E-state index in [1.54, 1.807) is 0 Å². The first-order valence-corrected chi connectivity index (χ1v) is 12.4. The average molecular weight is 481 g/mol. The number of carbonyl (C=O) groups excluding carboxylic acids is 1. The van der Waals surface area contributed by atoms with Crippen LogP contribution < -0.4 is 21.9 Å². The number of H-pyrrole nitrogens is 1. The van der Waals surface area contributed by atoms with E-state index >= 15 is 0 Å². The third-order valence-electron chi connectivity index (χ3n) is 5.43. The number of rotatable bonds is 9. The molecular weight excluding hydrogens is 448 g/mol. The van der Waals surface area contributed by atoms with E-state index in [0.717, 1.165) is 10.5 Å². The molecule has 34 heavy (non-hydrogen) atoms. The predicted octanol–water partition coefficient (Wildman–Crippen LogP) is 4.07. The molecule has 0 bridgehead atoms. The minimum Gasteiger partial charge on any atom is -0.383 e. The van der Waals surface area contributed by atoms with E-state index in [4.69, 9.17) is 5.73 Å². The zero-order chi connectivity index (χ0) is 24.8. The minimum atomic E-state index is -0.660. The molecule has 0 aliphatic heterocycles. The van der Waals surface area contributed by atoms with E-state index in [1.165, 1.54) is 26.8 Å². The molecular formula is C26H32N4O3S. The van der Waals surface area contributed by atoms with E-state index < -0.39 is 11.2 Å². The van der Waals surface area contributed by atoms with Crippen LogP contribution in [0.4, 0.5) is 11.5 Å². The van der Waals surface area contributed by atoms with Crippen LogP contribution in [0.5, 0.6) is 0 Å². The van der Waals surface area contributed by atoms with Crippen molar-refractivity contribution in [3.05, 3.63) is 86.6 Å². The maximum Gasteiger partial charge on any atom is 0.330 e. The van der Waals surface area contributed by atoms with Gasteiger partial charge in [-0.2, -0.15) is 0 Å². The van der Waals surface area contributed by atoms with Crippen LogP contribution >= 0.6 is 11.8 Å². The molecule has 0 aliphatic rings. The summed E-state index contributed by atoms with van der Waals surface area (Å²) < 4.78 is 1.30. The summed E-state index contributed by atoms with van der Waals surface area (Å²) in [6.07, 6.45) is 0. The number of hydrogen-bond donors (Lipinski definition) is 2. The number of thioether (sulfide) groups is 1. The van der Waals surface area contributed by atoms with Crippen molar-refractivity contribution in [1.29, 1.82) is 0 Å². The van der Waals surface area contributed by atoms with Gasteiger partial charge in [0, 0.05) is 11.4 Å². The number of nitrogen functional groups attached to an aromatic ring is 1. The molecule has 8 heteroatoms. The zero-order valence-electron chi connectivity index (χ0n) is 20.1. The lowest BCUT2D eigenvalue weighted by atomic mass is 10.0. The number of aromatic amines is 1. The molecule has 0 atom stereocenters. The molecule has 1 heterocycles. The van der Waals surface area contributed by atoms with Crippen molar-refractivity contribution < 1.29 is 4.79 Å². The maximum absolute atomic E-state index is 13.3. The quantitative estimate of drug-likeness (QED) is 0.450. The molecule has 0 unspecified atom stereocenters. The van der Waals surface area contributed by atoms with Gasteiger partial charge in [0.2, 0.25) is 5.91 Å². The van der Waals surface area contributed by atoms with Gasteiger partial charge in [-0.1, -0.05) is 70.2 Å². The Morgan fingerprint density at radius 2 is 1.68 bits per heavy atom. The Balaban J connectivity index is 1.90. The van der Waals surface area contributed by atoms with Gasteiger partial charge >= 0.3 is 5.69 Å². The molecule has 3 N–H and O–H groups in total. The second-order valence-corrected chi connectivity index (χ2v) is 10.0. The van der Waals surface area contributed by atoms with Crippen molar-refractivity contribution in [3.8, 4) is 0 Å². The molecule has 180 valence electrons. The van der Waals surface area contributed by atoms with Gasteiger partial charge in [0.1, 0.15) is 5.82 Å². The van der Waals surface area contributed by atoms with Crippen LogP contribution in [-0.2, 0) is 11.3 Å². The standard InChI is InChI=1S/C26H32N4O3S/c1-17(2)14-29(22(31)16-34-21-12-10-20(11-13-21)18(3)4)23-24(27)30(26(33)28-25(23)32)15-19-8-6-5-7-9-19/h5-13,17-18H,14-16,27H2,1-4H3,(H,28,32,33). The molecule has 7 nitrogen and oxygen atoms in total. The third kappa shape index (κ3) is 6.20. The maximum atomic E-state index is 13.3. The third-order valence-corrected chi connectivity index (χ3v) is 6.42. The fourth-order valence-electron chi connectivity index (χ4n) is 3.62. The fraction of sp³-hybridized carbons (Fsp3) is 0.346. The average Bonchev–Trinajstić information content (AvgIpc) is 2.80. The van der Waals surface area contributed by atoms with Gasteiger partial charge in [0.05, 0.1) is 12.3 Å². The van der Waals surface area contributed by atoms with Gasteiger partial charge in [-0.15, -0.1) is 11.8 Å². The SMILES string of the molecule is CC(C)CN(C(=O)CSc1ccc(C(C)C)cc1)c1c(N)n(Cc2ccccc2)c(=O)[nH]c1=O. The largest absolute Gasteiger partial charge is 0.383 e. The van der Waals surface area contributed by atoms with Gasteiger partial charge in [-0.25, -0.2) is 4.79 Å². The number of amides is 1. The van der Waals surface area contributed by atoms with Crippen LogP contribution in [0.2, 0.25) is 0 Å². The molecule has 0 fully saturated rings. The lowest BCUT2D eigenvalue weighted by molar-refractivity contribution is -0.116. The zero-order valence-corrected chi connectivity index (χ0v) is 20.9. The summed E-state index contributed by atoms with van der Waals surface area (Å²) in [6, 6.07) is 17.5. The number of aromatic nitrogens is 2. The monoisotopic (exact) mass is 480 g/mol. The molecule has 0 saturated heterocycles. The van der Waals surface area contributed by atoms with Gasteiger partial charge in [-0.05, 0) is 35.1 Å². The minimum absolute atomic E-state index is 0.0158. The van der Waals surface area contributed by atoms with Crippen molar-refractivity contribution in [2.75, 3.05) is 22.9 Å². The van der Waals surface area contributed by atoms with Crippen LogP contribution in [0.15, 0.2) is 69.1 Å². The summed E-state index contributed by atoms with van der Waals surface area (Å²) in [7, 11) is 0. The molecule has 3 rings (SSSR count). The second-order valence-electron chi connectivity index (χ2n) is 8.98. The molecule has 0 radical (unpaired) electrons. The Labute approximate surface area is 204 Å². The fourth-order valence-corrected chi connectivity index (χ4v) is 4.39. The van der Waals surface area contributed by atoms with Crippen LogP contribution in [0.1, 0.15) is 44.7 Å². The van der Waals surface area contributed by atoms with Crippen molar-refractivity contribution in [2.24, 2.45) is 5.92 Å². The molecule has 0 aliphatic carbocycles. The summed E-state index contributed by atoms with van der Waals surface area (Å²) in [5.41, 5.74) is 7.19. The summed E-state index contributed by atoms with van der Waals surface area (Å²) in [6.45, 7) is 8.69. The van der Waals surface area contributed by atoms with Crippen LogP contribution in [0.25, 0.3) is 0 Å². The van der Waals surface area contributed by atoms with Crippen molar-refractivity contribution in [2.45, 2.75) is 45.1 Å². The number of carbonyl (C=O) groups is 1. The van der Waals surface area contributed by atoms with E-state index in [-0.39, 0.29) is 35.6 Å². The van der Waals surface area contributed by atoms with Crippen LogP contribution in [-0.4, -0.2) is 27.8 Å². The second kappa shape index (κ2) is 11.2. The van der Waals surface area contributed by atoms with E-state index in [9.17, 15) is 14.4 Å². The molecule has 0 spiro atoms. The number of hydrogen-bond acceptors (Lipinski definition) is 5. The molecule has 1 aromatic heterocycles. The summed E-state index contributed by atoms with van der Waals surface area (Å²) in [5, 5.41) is 0. The Kier molecular flexibility index (Phi) is 8.39. The predicted molar refractivity (Wildman–Crippen MR) is 140 cm³/mol. The van der Waals surface area contributed by atoms with Crippen molar-refractivity contribution in [1.82, 2.24) is 9.55 Å². The van der Waals surface area contributed by atoms with E-state index in [0.29, 0.717) is 12.5 Å². The Hall–Kier alpha value is -3.26. The summed E-state index contributed by atoms with van der Waals surface area (Å²) in [5.74, 6) is 0.410. The van der Waals surface area contributed by atoms with Crippen LogP contribution in [0.3, 0.4) is 0 Å². The highest BCUT2D eigenvalue weighted by Gasteiger charge is 2.25. The number of nitrogens with one attached hydrogen (secondary N) is 1. The smallest absolute Gasteiger partial charge is 0.330 e. The van der Waals surface area contributed by atoms with Crippen LogP contribution in [0, 0.1) is 5.92 Å². The van der Waals surface area contributed by atoms with Crippen molar-refractivity contribution >= 4 is 29.2 Å². The lowest BCUT2D eigenvalue weighted by Crippen LogP contribution is -2.43. The highest BCUT2D eigenvalue weighted by molar-refractivity contribution is 8.00.